The average Bonchev–Trinajstić information content (AvgIpc) is 2.86. The molecular weight excluding hydrogens is 440 g/mol. The minimum atomic E-state index is -0.482. The molecule has 5 nitrogen and oxygen atoms in total. The molecule has 0 bridgehead atoms. The molecular formula is C30H32O5. The first-order valence-electron chi connectivity index (χ1n) is 11.3. The first-order chi connectivity index (χ1) is 16.8. The molecule has 2 aromatic carbocycles. The molecule has 1 atom stereocenters. The summed E-state index contributed by atoms with van der Waals surface area (Å²) in [5.41, 5.74) is 4.53. The highest BCUT2D eigenvalue weighted by Crippen LogP contribution is 2.23. The van der Waals surface area contributed by atoms with Gasteiger partial charge in [-0.15, -0.1) is 0 Å². The molecule has 0 aliphatic carbocycles. The van der Waals surface area contributed by atoms with Crippen LogP contribution in [0.5, 0.6) is 5.75 Å². The van der Waals surface area contributed by atoms with Crippen molar-refractivity contribution in [2.24, 2.45) is 0 Å². The van der Waals surface area contributed by atoms with Crippen LogP contribution in [0.25, 0.3) is 17.2 Å². The molecule has 0 radical (unpaired) electrons. The third-order valence-corrected chi connectivity index (χ3v) is 4.96. The molecule has 0 aromatic heterocycles. The third kappa shape index (κ3) is 9.72. The van der Waals surface area contributed by atoms with Gasteiger partial charge < -0.3 is 14.2 Å². The van der Waals surface area contributed by atoms with Crippen LogP contribution in [0.2, 0.25) is 0 Å². The van der Waals surface area contributed by atoms with Crippen LogP contribution in [0.1, 0.15) is 32.8 Å². The number of hydrogen-bond acceptors (Lipinski definition) is 5. The van der Waals surface area contributed by atoms with E-state index in [-0.39, 0.29) is 12.1 Å². The first-order valence-corrected chi connectivity index (χ1v) is 11.3. The topological polar surface area (TPSA) is 61.8 Å². The van der Waals surface area contributed by atoms with Crippen molar-refractivity contribution in [3.05, 3.63) is 109 Å². The van der Waals surface area contributed by atoms with Gasteiger partial charge >= 0.3 is 11.9 Å². The molecule has 0 spiro atoms. The van der Waals surface area contributed by atoms with E-state index in [1.165, 1.54) is 0 Å². The lowest BCUT2D eigenvalue weighted by Gasteiger charge is -2.08. The summed E-state index contributed by atoms with van der Waals surface area (Å²) in [5, 5.41) is 0. The van der Waals surface area contributed by atoms with Gasteiger partial charge in [0.05, 0.1) is 12.9 Å². The second kappa shape index (κ2) is 14.2. The van der Waals surface area contributed by atoms with Gasteiger partial charge in [-0.25, -0.2) is 9.59 Å². The maximum absolute atomic E-state index is 11.5. The Kier molecular flexibility index (Phi) is 11.0. The van der Waals surface area contributed by atoms with Crippen LogP contribution in [0.3, 0.4) is 0 Å². The maximum atomic E-state index is 11.5. The van der Waals surface area contributed by atoms with Crippen LogP contribution in [0.15, 0.2) is 103 Å². The Morgan fingerprint density at radius 1 is 1.03 bits per heavy atom. The highest BCUT2D eigenvalue weighted by Gasteiger charge is 2.04. The SMILES string of the molecule is C=CC(=O)Oc1ccc(-c2ccc(/C=C/OC(C)/C=C\C(=C/C)CCOC(=O)C(=C)C)cc2)cc1. The van der Waals surface area contributed by atoms with Crippen molar-refractivity contribution >= 4 is 18.0 Å². The predicted molar refractivity (Wildman–Crippen MR) is 141 cm³/mol. The second-order valence-electron chi connectivity index (χ2n) is 7.80. The molecule has 0 saturated heterocycles. The number of ether oxygens (including phenoxy) is 3. The van der Waals surface area contributed by atoms with E-state index in [9.17, 15) is 9.59 Å². The average molecular weight is 473 g/mol. The molecule has 5 heteroatoms. The number of allylic oxidation sites excluding steroid dienone is 2. The standard InChI is InChI=1S/C30H32O5/c1-6-24(18-21-34-30(32)22(3)4)9-8-23(5)33-20-19-25-10-12-26(13-11-25)27-14-16-28(17-15-27)35-29(31)7-2/h6-17,19-20,23H,2-3,18,21H2,1,4-5H3/b9-8-,20-19+,24-6+. The largest absolute Gasteiger partial charge is 0.494 e. The highest BCUT2D eigenvalue weighted by atomic mass is 16.5. The van der Waals surface area contributed by atoms with E-state index in [0.29, 0.717) is 24.4 Å². The van der Waals surface area contributed by atoms with Crippen molar-refractivity contribution in [1.82, 2.24) is 0 Å². The second-order valence-corrected chi connectivity index (χ2v) is 7.80. The van der Waals surface area contributed by atoms with Crippen molar-refractivity contribution in [1.29, 1.82) is 0 Å². The van der Waals surface area contributed by atoms with Gasteiger partial charge in [0.2, 0.25) is 0 Å². The first kappa shape index (κ1) is 27.1. The van der Waals surface area contributed by atoms with Crippen LogP contribution in [-0.2, 0) is 19.1 Å². The lowest BCUT2D eigenvalue weighted by molar-refractivity contribution is -0.138. The fourth-order valence-corrected chi connectivity index (χ4v) is 2.91. The van der Waals surface area contributed by atoms with Crippen LogP contribution in [0, 0.1) is 0 Å². The molecule has 0 saturated carbocycles. The van der Waals surface area contributed by atoms with Crippen LogP contribution in [-0.4, -0.2) is 24.6 Å². The molecule has 35 heavy (non-hydrogen) atoms. The Balaban J connectivity index is 1.84. The van der Waals surface area contributed by atoms with E-state index < -0.39 is 5.97 Å². The maximum Gasteiger partial charge on any atom is 0.335 e. The normalized spacial score (nSPS) is 12.4. The van der Waals surface area contributed by atoms with E-state index in [4.69, 9.17) is 14.2 Å². The molecule has 2 aromatic rings. The van der Waals surface area contributed by atoms with Gasteiger partial charge in [0.1, 0.15) is 11.9 Å². The summed E-state index contributed by atoms with van der Waals surface area (Å²) in [5.74, 6) is -0.375. The predicted octanol–water partition coefficient (Wildman–Crippen LogP) is 6.83. The van der Waals surface area contributed by atoms with Gasteiger partial charge in [-0.1, -0.05) is 61.7 Å². The molecule has 0 aliphatic rings. The van der Waals surface area contributed by atoms with Gasteiger partial charge in [-0.05, 0) is 67.3 Å². The minimum absolute atomic E-state index is 0.118. The Labute approximate surface area is 207 Å². The van der Waals surface area contributed by atoms with E-state index in [1.54, 1.807) is 25.3 Å². The number of esters is 2. The number of carbonyl (C=O) groups is 2. The van der Waals surface area contributed by atoms with Crippen molar-refractivity contribution in [3.8, 4) is 16.9 Å². The van der Waals surface area contributed by atoms with Crippen molar-refractivity contribution in [3.63, 3.8) is 0 Å². The Morgan fingerprint density at radius 3 is 2.23 bits per heavy atom. The van der Waals surface area contributed by atoms with Crippen molar-refractivity contribution in [2.75, 3.05) is 6.61 Å². The summed E-state index contributed by atoms with van der Waals surface area (Å²) in [6.07, 6.45) is 11.1. The van der Waals surface area contributed by atoms with E-state index in [2.05, 4.69) is 13.2 Å². The summed E-state index contributed by atoms with van der Waals surface area (Å²) in [6, 6.07) is 15.4. The number of hydrogen-bond donors (Lipinski definition) is 0. The molecule has 0 amide bonds. The number of carbonyl (C=O) groups excluding carboxylic acids is 2. The summed E-state index contributed by atoms with van der Waals surface area (Å²) in [7, 11) is 0. The zero-order valence-corrected chi connectivity index (χ0v) is 20.5. The fraction of sp³-hybridized carbons (Fsp3) is 0.200. The van der Waals surface area contributed by atoms with Crippen LogP contribution < -0.4 is 4.74 Å². The molecule has 182 valence electrons. The van der Waals surface area contributed by atoms with Gasteiger partial charge in [0.15, 0.2) is 0 Å². The van der Waals surface area contributed by atoms with E-state index in [1.807, 2.05) is 74.5 Å². The quantitative estimate of drug-likeness (QED) is 0.111. The fourth-order valence-electron chi connectivity index (χ4n) is 2.91. The minimum Gasteiger partial charge on any atom is -0.494 e. The monoisotopic (exact) mass is 472 g/mol. The van der Waals surface area contributed by atoms with Gasteiger partial charge in [-0.3, -0.25) is 0 Å². The molecule has 1 unspecified atom stereocenters. The summed E-state index contributed by atoms with van der Waals surface area (Å²) >= 11 is 0. The highest BCUT2D eigenvalue weighted by molar-refractivity contribution is 5.86. The van der Waals surface area contributed by atoms with Crippen molar-refractivity contribution in [2.45, 2.75) is 33.3 Å². The number of benzene rings is 2. The lowest BCUT2D eigenvalue weighted by Crippen LogP contribution is -2.06. The van der Waals surface area contributed by atoms with Gasteiger partial charge in [0, 0.05) is 18.1 Å². The van der Waals surface area contributed by atoms with Gasteiger partial charge in [0.25, 0.3) is 0 Å². The molecule has 0 N–H and O–H groups in total. The Bertz CT molecular complexity index is 1100. The molecule has 0 fully saturated rings. The molecule has 2 rings (SSSR count). The Morgan fingerprint density at radius 2 is 1.66 bits per heavy atom. The summed E-state index contributed by atoms with van der Waals surface area (Å²) in [4.78, 5) is 22.7. The number of rotatable bonds is 12. The third-order valence-electron chi connectivity index (χ3n) is 4.96. The van der Waals surface area contributed by atoms with Crippen LogP contribution >= 0.6 is 0 Å². The molecule has 0 heterocycles. The van der Waals surface area contributed by atoms with Crippen LogP contribution in [0.4, 0.5) is 0 Å². The van der Waals surface area contributed by atoms with E-state index in [0.717, 1.165) is 28.3 Å². The van der Waals surface area contributed by atoms with Gasteiger partial charge in [-0.2, -0.15) is 0 Å². The Hall–Kier alpha value is -4.12. The zero-order chi connectivity index (χ0) is 25.6. The molecule has 0 aliphatic heterocycles. The van der Waals surface area contributed by atoms with Crippen molar-refractivity contribution < 1.29 is 23.8 Å². The summed E-state index contributed by atoms with van der Waals surface area (Å²) in [6.45, 7) is 12.8. The zero-order valence-electron chi connectivity index (χ0n) is 20.5. The lowest BCUT2D eigenvalue weighted by atomic mass is 10.0. The van der Waals surface area contributed by atoms with E-state index >= 15 is 0 Å². The smallest absolute Gasteiger partial charge is 0.335 e. The summed E-state index contributed by atoms with van der Waals surface area (Å²) < 4.78 is 16.0.